The van der Waals surface area contributed by atoms with Crippen molar-refractivity contribution in [3.8, 4) is 11.8 Å². The molecule has 0 aliphatic rings. The third kappa shape index (κ3) is 4.16. The summed E-state index contributed by atoms with van der Waals surface area (Å²) in [6.45, 7) is 2.09. The molecule has 1 atom stereocenters. The summed E-state index contributed by atoms with van der Waals surface area (Å²) >= 11 is 0. The lowest BCUT2D eigenvalue weighted by Gasteiger charge is -2.10. The van der Waals surface area contributed by atoms with E-state index < -0.39 is 6.04 Å². The number of hydrogen-bond donors (Lipinski definition) is 2. The Hall–Kier alpha value is -1.79. The molecule has 0 spiro atoms. The normalized spacial score (nSPS) is 11.1. The zero-order valence-corrected chi connectivity index (χ0v) is 9.36. The van der Waals surface area contributed by atoms with Crippen LogP contribution in [0.4, 0.5) is 0 Å². The first-order valence-electron chi connectivity index (χ1n) is 5.21. The van der Waals surface area contributed by atoms with E-state index in [9.17, 15) is 4.79 Å². The molecule has 3 N–H and O–H groups in total. The molecular weight excluding hydrogens is 200 g/mol. The first-order valence-corrected chi connectivity index (χ1v) is 5.21. The van der Waals surface area contributed by atoms with Gasteiger partial charge in [-0.05, 0) is 18.9 Å². The first kappa shape index (κ1) is 12.3. The van der Waals surface area contributed by atoms with Crippen LogP contribution in [0.1, 0.15) is 12.5 Å². The van der Waals surface area contributed by atoms with Crippen molar-refractivity contribution < 1.29 is 4.79 Å². The minimum atomic E-state index is -0.513. The van der Waals surface area contributed by atoms with Gasteiger partial charge in [-0.3, -0.25) is 4.79 Å². The molecule has 3 nitrogen and oxygen atoms in total. The molecule has 0 fully saturated rings. The van der Waals surface area contributed by atoms with E-state index in [4.69, 9.17) is 5.73 Å². The van der Waals surface area contributed by atoms with Gasteiger partial charge in [-0.25, -0.2) is 0 Å². The zero-order chi connectivity index (χ0) is 11.8. The van der Waals surface area contributed by atoms with Crippen LogP contribution in [0.5, 0.6) is 0 Å². The second-order valence-corrected chi connectivity index (χ2v) is 3.44. The Bertz CT molecular complexity index is 389. The number of carbonyl (C=O) groups is 1. The van der Waals surface area contributed by atoms with Crippen molar-refractivity contribution in [3.05, 3.63) is 35.9 Å². The molecule has 3 heteroatoms. The highest BCUT2D eigenvalue weighted by molar-refractivity contribution is 5.82. The number of hydrogen-bond acceptors (Lipinski definition) is 2. The van der Waals surface area contributed by atoms with Crippen molar-refractivity contribution in [1.82, 2.24) is 5.32 Å². The van der Waals surface area contributed by atoms with Crippen LogP contribution in [0.15, 0.2) is 30.3 Å². The lowest BCUT2D eigenvalue weighted by molar-refractivity contribution is -0.122. The van der Waals surface area contributed by atoms with Gasteiger partial charge in [-0.2, -0.15) is 0 Å². The Balaban J connectivity index is 2.42. The van der Waals surface area contributed by atoms with Crippen LogP contribution < -0.4 is 11.1 Å². The standard InChI is InChI=1S/C13H16N2O/c1-2-3-9-15-13(16)12(14)10-11-7-5-4-6-8-11/h4-8,12H,9-10,14H2,1H3,(H,15,16)/t12-/m1/s1. The molecule has 0 aromatic heterocycles. The zero-order valence-electron chi connectivity index (χ0n) is 9.36. The largest absolute Gasteiger partial charge is 0.344 e. The minimum absolute atomic E-state index is 0.161. The molecule has 84 valence electrons. The topological polar surface area (TPSA) is 55.1 Å². The molecule has 0 saturated heterocycles. The highest BCUT2D eigenvalue weighted by Crippen LogP contribution is 2.01. The highest BCUT2D eigenvalue weighted by atomic mass is 16.2. The van der Waals surface area contributed by atoms with E-state index in [-0.39, 0.29) is 5.91 Å². The predicted octanol–water partition coefficient (Wildman–Crippen LogP) is 0.696. The lowest BCUT2D eigenvalue weighted by Crippen LogP contribution is -2.42. The van der Waals surface area contributed by atoms with Gasteiger partial charge in [-0.1, -0.05) is 36.3 Å². The number of nitrogens with two attached hydrogens (primary N) is 1. The van der Waals surface area contributed by atoms with Gasteiger partial charge < -0.3 is 11.1 Å². The Labute approximate surface area is 96.0 Å². The molecule has 0 saturated carbocycles. The summed E-state index contributed by atoms with van der Waals surface area (Å²) in [5, 5.41) is 2.67. The minimum Gasteiger partial charge on any atom is -0.344 e. The Kier molecular flexibility index (Phi) is 5.10. The maximum atomic E-state index is 11.5. The molecule has 0 unspecified atom stereocenters. The van der Waals surface area contributed by atoms with Gasteiger partial charge in [0.05, 0.1) is 12.6 Å². The molecular formula is C13H16N2O. The van der Waals surface area contributed by atoms with Gasteiger partial charge >= 0.3 is 0 Å². The van der Waals surface area contributed by atoms with E-state index in [1.54, 1.807) is 6.92 Å². The molecule has 16 heavy (non-hydrogen) atoms. The van der Waals surface area contributed by atoms with Gasteiger partial charge in [0.1, 0.15) is 0 Å². The smallest absolute Gasteiger partial charge is 0.238 e. The fourth-order valence-corrected chi connectivity index (χ4v) is 1.31. The summed E-state index contributed by atoms with van der Waals surface area (Å²) in [4.78, 5) is 11.5. The number of carbonyl (C=O) groups excluding carboxylic acids is 1. The molecule has 0 aliphatic carbocycles. The van der Waals surface area contributed by atoms with Gasteiger partial charge in [0.15, 0.2) is 0 Å². The van der Waals surface area contributed by atoms with Crippen molar-refractivity contribution in [1.29, 1.82) is 0 Å². The molecule has 1 amide bonds. The summed E-state index contributed by atoms with van der Waals surface area (Å²) < 4.78 is 0. The second kappa shape index (κ2) is 6.65. The van der Waals surface area contributed by atoms with Crippen LogP contribution in [0, 0.1) is 11.8 Å². The van der Waals surface area contributed by atoms with Crippen molar-refractivity contribution in [3.63, 3.8) is 0 Å². The van der Waals surface area contributed by atoms with Crippen molar-refractivity contribution >= 4 is 5.91 Å². The number of benzene rings is 1. The van der Waals surface area contributed by atoms with Crippen LogP contribution in [-0.4, -0.2) is 18.5 Å². The molecule has 0 radical (unpaired) electrons. The van der Waals surface area contributed by atoms with Crippen LogP contribution in [0.2, 0.25) is 0 Å². The van der Waals surface area contributed by atoms with E-state index in [0.29, 0.717) is 13.0 Å². The van der Waals surface area contributed by atoms with E-state index in [2.05, 4.69) is 17.2 Å². The van der Waals surface area contributed by atoms with Gasteiger partial charge in [0.25, 0.3) is 0 Å². The maximum absolute atomic E-state index is 11.5. The summed E-state index contributed by atoms with van der Waals surface area (Å²) in [5.74, 6) is 5.31. The molecule has 0 aliphatic heterocycles. The molecule has 0 bridgehead atoms. The fraction of sp³-hybridized carbons (Fsp3) is 0.308. The van der Waals surface area contributed by atoms with E-state index >= 15 is 0 Å². The third-order valence-electron chi connectivity index (χ3n) is 2.16. The molecule has 1 aromatic rings. The van der Waals surface area contributed by atoms with Crippen LogP contribution in [0.25, 0.3) is 0 Å². The fourth-order valence-electron chi connectivity index (χ4n) is 1.31. The van der Waals surface area contributed by atoms with E-state index in [0.717, 1.165) is 5.56 Å². The van der Waals surface area contributed by atoms with E-state index in [1.165, 1.54) is 0 Å². The SMILES string of the molecule is CC#CCNC(=O)[C@H](N)Cc1ccccc1. The van der Waals surface area contributed by atoms with Crippen LogP contribution in [0.3, 0.4) is 0 Å². The average molecular weight is 216 g/mol. The lowest BCUT2D eigenvalue weighted by atomic mass is 10.1. The van der Waals surface area contributed by atoms with Crippen LogP contribution >= 0.6 is 0 Å². The quantitative estimate of drug-likeness (QED) is 0.728. The van der Waals surface area contributed by atoms with Crippen molar-refractivity contribution in [2.24, 2.45) is 5.73 Å². The first-order chi connectivity index (χ1) is 7.74. The molecule has 0 heterocycles. The summed E-state index contributed by atoms with van der Waals surface area (Å²) in [6.07, 6.45) is 0.548. The van der Waals surface area contributed by atoms with E-state index in [1.807, 2.05) is 30.3 Å². The third-order valence-corrected chi connectivity index (χ3v) is 2.16. The molecule has 1 aromatic carbocycles. The Morgan fingerprint density at radius 1 is 1.44 bits per heavy atom. The number of rotatable bonds is 4. The molecule has 1 rings (SSSR count). The maximum Gasteiger partial charge on any atom is 0.238 e. The number of amides is 1. The van der Waals surface area contributed by atoms with Crippen LogP contribution in [-0.2, 0) is 11.2 Å². The average Bonchev–Trinajstić information content (AvgIpc) is 2.30. The van der Waals surface area contributed by atoms with Gasteiger partial charge in [-0.15, -0.1) is 5.92 Å². The number of nitrogens with one attached hydrogen (secondary N) is 1. The van der Waals surface area contributed by atoms with Crippen molar-refractivity contribution in [2.75, 3.05) is 6.54 Å². The summed E-state index contributed by atoms with van der Waals surface area (Å²) in [7, 11) is 0. The Morgan fingerprint density at radius 3 is 2.75 bits per heavy atom. The monoisotopic (exact) mass is 216 g/mol. The van der Waals surface area contributed by atoms with Crippen molar-refractivity contribution in [2.45, 2.75) is 19.4 Å². The summed E-state index contributed by atoms with van der Waals surface area (Å²) in [5.41, 5.74) is 6.83. The second-order valence-electron chi connectivity index (χ2n) is 3.44. The Morgan fingerprint density at radius 2 is 2.12 bits per heavy atom. The summed E-state index contributed by atoms with van der Waals surface area (Å²) in [6, 6.07) is 9.20. The predicted molar refractivity (Wildman–Crippen MR) is 64.6 cm³/mol. The van der Waals surface area contributed by atoms with Gasteiger partial charge in [0.2, 0.25) is 5.91 Å². The van der Waals surface area contributed by atoms with Gasteiger partial charge in [0, 0.05) is 0 Å². The highest BCUT2D eigenvalue weighted by Gasteiger charge is 2.12.